The van der Waals surface area contributed by atoms with Crippen LogP contribution in [0.3, 0.4) is 0 Å². The monoisotopic (exact) mass is 194 g/mol. The van der Waals surface area contributed by atoms with Crippen molar-refractivity contribution in [3.8, 4) is 0 Å². The van der Waals surface area contributed by atoms with E-state index in [0.717, 1.165) is 5.02 Å². The van der Waals surface area contributed by atoms with Crippen LogP contribution in [-0.4, -0.2) is 0 Å². The Balaban J connectivity index is 2.73. The highest BCUT2D eigenvalue weighted by Gasteiger charge is 1.90. The topological polar surface area (TPSA) is 0 Å². The lowest BCUT2D eigenvalue weighted by atomic mass is 10.1. The molecule has 0 spiro atoms. The molecule has 0 aliphatic heterocycles. The summed E-state index contributed by atoms with van der Waals surface area (Å²) in [5, 5.41) is 0.797. The van der Waals surface area contributed by atoms with Gasteiger partial charge in [0.15, 0.2) is 0 Å². The van der Waals surface area contributed by atoms with Crippen molar-refractivity contribution in [1.29, 1.82) is 0 Å². The van der Waals surface area contributed by atoms with Gasteiger partial charge in [-0.1, -0.05) is 48.7 Å². The maximum absolute atomic E-state index is 5.79. The predicted molar refractivity (Wildman–Crippen MR) is 60.0 cm³/mol. The molecule has 0 heterocycles. The lowest BCUT2D eigenvalue weighted by Gasteiger charge is -1.98. The Hall–Kier alpha value is -0.750. The summed E-state index contributed by atoms with van der Waals surface area (Å²) in [7, 11) is 0. The molecule has 0 aliphatic rings. The molecule has 0 unspecified atom stereocenters. The Morgan fingerprint density at radius 2 is 1.92 bits per heavy atom. The highest BCUT2D eigenvalue weighted by atomic mass is 35.5. The standard InChI is InChI=1S/C12H15Cl/c1-3-4-10(2)9-11-5-7-12(13)8-6-11/h5-9H,3-4H2,1-2H3/b10-9+. The average Bonchev–Trinajstić information content (AvgIpc) is 2.09. The molecule has 70 valence electrons. The largest absolute Gasteiger partial charge is 0.0843 e. The number of benzene rings is 1. The molecular formula is C12H15Cl. The smallest absolute Gasteiger partial charge is 0.0406 e. The van der Waals surface area contributed by atoms with Crippen molar-refractivity contribution in [3.63, 3.8) is 0 Å². The van der Waals surface area contributed by atoms with Gasteiger partial charge in [0.05, 0.1) is 0 Å². The Labute approximate surface area is 85.2 Å². The fourth-order valence-electron chi connectivity index (χ4n) is 1.31. The Morgan fingerprint density at radius 3 is 2.46 bits per heavy atom. The van der Waals surface area contributed by atoms with E-state index in [1.54, 1.807) is 0 Å². The van der Waals surface area contributed by atoms with Crippen molar-refractivity contribution in [2.24, 2.45) is 0 Å². The zero-order chi connectivity index (χ0) is 9.68. The summed E-state index contributed by atoms with van der Waals surface area (Å²) in [6.07, 6.45) is 4.58. The van der Waals surface area contributed by atoms with Crippen LogP contribution in [0.15, 0.2) is 29.8 Å². The van der Waals surface area contributed by atoms with Crippen LogP contribution < -0.4 is 0 Å². The zero-order valence-corrected chi connectivity index (χ0v) is 8.93. The number of hydrogen-bond acceptors (Lipinski definition) is 0. The van der Waals surface area contributed by atoms with Gasteiger partial charge in [-0.2, -0.15) is 0 Å². The van der Waals surface area contributed by atoms with Crippen LogP contribution in [0.2, 0.25) is 5.02 Å². The Kier molecular flexibility index (Phi) is 4.04. The summed E-state index contributed by atoms with van der Waals surface area (Å²) in [6, 6.07) is 7.93. The first-order valence-electron chi connectivity index (χ1n) is 4.65. The number of rotatable bonds is 3. The molecule has 0 atom stereocenters. The van der Waals surface area contributed by atoms with Gasteiger partial charge >= 0.3 is 0 Å². The Morgan fingerprint density at radius 1 is 1.31 bits per heavy atom. The van der Waals surface area contributed by atoms with E-state index in [1.165, 1.54) is 24.0 Å². The Bertz CT molecular complexity index is 282. The molecule has 0 aromatic heterocycles. The molecule has 0 saturated carbocycles. The summed E-state index contributed by atoms with van der Waals surface area (Å²) in [5.41, 5.74) is 2.65. The van der Waals surface area contributed by atoms with Crippen molar-refractivity contribution in [2.45, 2.75) is 26.7 Å². The third kappa shape index (κ3) is 3.65. The van der Waals surface area contributed by atoms with Gasteiger partial charge in [0.1, 0.15) is 0 Å². The van der Waals surface area contributed by atoms with Crippen LogP contribution in [-0.2, 0) is 0 Å². The van der Waals surface area contributed by atoms with Crippen LogP contribution in [0.4, 0.5) is 0 Å². The van der Waals surface area contributed by atoms with Crippen molar-refractivity contribution in [1.82, 2.24) is 0 Å². The van der Waals surface area contributed by atoms with Gasteiger partial charge in [0, 0.05) is 5.02 Å². The second kappa shape index (κ2) is 5.08. The molecule has 0 amide bonds. The minimum atomic E-state index is 0.797. The lowest BCUT2D eigenvalue weighted by Crippen LogP contribution is -1.76. The summed E-state index contributed by atoms with van der Waals surface area (Å²) >= 11 is 5.79. The fraction of sp³-hybridized carbons (Fsp3) is 0.333. The van der Waals surface area contributed by atoms with E-state index in [0.29, 0.717) is 0 Å². The van der Waals surface area contributed by atoms with Crippen molar-refractivity contribution >= 4 is 17.7 Å². The molecule has 1 aromatic rings. The predicted octanol–water partition coefficient (Wildman–Crippen LogP) is 4.54. The van der Waals surface area contributed by atoms with E-state index in [1.807, 2.05) is 24.3 Å². The highest BCUT2D eigenvalue weighted by molar-refractivity contribution is 6.30. The molecule has 0 nitrogen and oxygen atoms in total. The summed E-state index contributed by atoms with van der Waals surface area (Å²) in [6.45, 7) is 4.36. The van der Waals surface area contributed by atoms with Crippen LogP contribution in [0, 0.1) is 0 Å². The van der Waals surface area contributed by atoms with E-state index in [4.69, 9.17) is 11.6 Å². The second-order valence-electron chi connectivity index (χ2n) is 3.29. The first-order chi connectivity index (χ1) is 6.22. The summed E-state index contributed by atoms with van der Waals surface area (Å²) < 4.78 is 0. The van der Waals surface area contributed by atoms with Gasteiger partial charge < -0.3 is 0 Å². The van der Waals surface area contributed by atoms with E-state index in [2.05, 4.69) is 19.9 Å². The first kappa shape index (κ1) is 10.3. The van der Waals surface area contributed by atoms with Gasteiger partial charge in [-0.25, -0.2) is 0 Å². The number of hydrogen-bond donors (Lipinski definition) is 0. The molecule has 0 saturated heterocycles. The zero-order valence-electron chi connectivity index (χ0n) is 8.18. The molecule has 1 aromatic carbocycles. The minimum Gasteiger partial charge on any atom is -0.0843 e. The van der Waals surface area contributed by atoms with E-state index in [-0.39, 0.29) is 0 Å². The maximum atomic E-state index is 5.79. The molecule has 0 bridgehead atoms. The minimum absolute atomic E-state index is 0.797. The van der Waals surface area contributed by atoms with E-state index >= 15 is 0 Å². The van der Waals surface area contributed by atoms with E-state index in [9.17, 15) is 0 Å². The lowest BCUT2D eigenvalue weighted by molar-refractivity contribution is 0.912. The van der Waals surface area contributed by atoms with Gasteiger partial charge in [-0.15, -0.1) is 0 Å². The van der Waals surface area contributed by atoms with Gasteiger partial charge in [-0.05, 0) is 31.0 Å². The number of halogens is 1. The summed E-state index contributed by atoms with van der Waals surface area (Å²) in [4.78, 5) is 0. The normalized spacial score (nSPS) is 11.8. The number of allylic oxidation sites excluding steroid dienone is 1. The molecule has 0 aliphatic carbocycles. The first-order valence-corrected chi connectivity index (χ1v) is 5.03. The summed E-state index contributed by atoms with van der Waals surface area (Å²) in [5.74, 6) is 0. The van der Waals surface area contributed by atoms with Crippen LogP contribution in [0.1, 0.15) is 32.3 Å². The fourth-order valence-corrected chi connectivity index (χ4v) is 1.44. The van der Waals surface area contributed by atoms with Crippen LogP contribution in [0.25, 0.3) is 6.08 Å². The molecule has 13 heavy (non-hydrogen) atoms. The second-order valence-corrected chi connectivity index (χ2v) is 3.73. The SMILES string of the molecule is CCC/C(C)=C/c1ccc(Cl)cc1. The quantitative estimate of drug-likeness (QED) is 0.663. The molecule has 1 rings (SSSR count). The van der Waals surface area contributed by atoms with Crippen LogP contribution in [0.5, 0.6) is 0 Å². The third-order valence-electron chi connectivity index (χ3n) is 1.93. The maximum Gasteiger partial charge on any atom is 0.0406 e. The van der Waals surface area contributed by atoms with Crippen molar-refractivity contribution < 1.29 is 0 Å². The van der Waals surface area contributed by atoms with Crippen molar-refractivity contribution in [2.75, 3.05) is 0 Å². The average molecular weight is 195 g/mol. The molecule has 0 fully saturated rings. The molecule has 1 heteroatoms. The van der Waals surface area contributed by atoms with Crippen LogP contribution >= 0.6 is 11.6 Å². The highest BCUT2D eigenvalue weighted by Crippen LogP contribution is 2.14. The van der Waals surface area contributed by atoms with Gasteiger partial charge in [0.25, 0.3) is 0 Å². The van der Waals surface area contributed by atoms with E-state index < -0.39 is 0 Å². The molecule has 0 radical (unpaired) electrons. The molecule has 0 N–H and O–H groups in total. The van der Waals surface area contributed by atoms with Crippen molar-refractivity contribution in [3.05, 3.63) is 40.4 Å². The van der Waals surface area contributed by atoms with Gasteiger partial charge in [0.2, 0.25) is 0 Å². The molecular weight excluding hydrogens is 180 g/mol. The van der Waals surface area contributed by atoms with Gasteiger partial charge in [-0.3, -0.25) is 0 Å². The third-order valence-corrected chi connectivity index (χ3v) is 2.18.